The van der Waals surface area contributed by atoms with Crippen LogP contribution in [-0.2, 0) is 16.0 Å². The Labute approximate surface area is 162 Å². The fourth-order valence-electron chi connectivity index (χ4n) is 2.98. The molecule has 8 nitrogen and oxygen atoms in total. The first-order valence-corrected chi connectivity index (χ1v) is 9.14. The van der Waals surface area contributed by atoms with Crippen LogP contribution in [0.4, 0.5) is 11.9 Å². The second kappa shape index (κ2) is 8.16. The number of hydrogen-bond donors (Lipinski definition) is 2. The van der Waals surface area contributed by atoms with Crippen LogP contribution in [0.15, 0.2) is 23.0 Å². The molecule has 0 aliphatic heterocycles. The number of nitrogens with zero attached hydrogens (tertiary/aromatic N) is 3. The number of aromatic nitrogens is 4. The molecule has 0 unspecified atom stereocenters. The molecule has 0 amide bonds. The zero-order valence-electron chi connectivity index (χ0n) is 16.4. The van der Waals surface area contributed by atoms with Gasteiger partial charge in [0.2, 0.25) is 11.9 Å². The number of aryl methyl sites for hydroxylation is 3. The van der Waals surface area contributed by atoms with Gasteiger partial charge < -0.3 is 4.74 Å². The number of carbonyl (C=O) groups excluding carboxylic acids is 1. The van der Waals surface area contributed by atoms with Crippen molar-refractivity contribution in [1.82, 2.24) is 19.9 Å². The van der Waals surface area contributed by atoms with Crippen LogP contribution in [0, 0.1) is 20.8 Å². The van der Waals surface area contributed by atoms with Gasteiger partial charge in [-0.1, -0.05) is 11.6 Å². The topological polar surface area (TPSA) is 110 Å². The molecule has 146 valence electrons. The van der Waals surface area contributed by atoms with E-state index < -0.39 is 0 Å². The zero-order chi connectivity index (χ0) is 20.3. The molecule has 0 saturated carbocycles. The molecule has 2 aromatic heterocycles. The molecule has 0 saturated heterocycles. The summed E-state index contributed by atoms with van der Waals surface area (Å²) in [5, 5.41) is 3.95. The van der Waals surface area contributed by atoms with Gasteiger partial charge in [0.05, 0.1) is 17.8 Å². The van der Waals surface area contributed by atoms with Crippen LogP contribution in [0.1, 0.15) is 35.9 Å². The van der Waals surface area contributed by atoms with Gasteiger partial charge in [0, 0.05) is 23.1 Å². The lowest BCUT2D eigenvalue weighted by atomic mass is 10.1. The Balaban J connectivity index is 1.83. The van der Waals surface area contributed by atoms with Crippen LogP contribution in [0.25, 0.3) is 10.9 Å². The predicted molar refractivity (Wildman–Crippen MR) is 107 cm³/mol. The number of ether oxygens (including phenoxy) is 1. The van der Waals surface area contributed by atoms with Gasteiger partial charge in [-0.15, -0.1) is 0 Å². The lowest BCUT2D eigenvalue weighted by molar-refractivity contribution is -0.143. The van der Waals surface area contributed by atoms with Crippen molar-refractivity contribution in [3.8, 4) is 0 Å². The van der Waals surface area contributed by atoms with Crippen LogP contribution in [0.3, 0.4) is 0 Å². The summed E-state index contributed by atoms with van der Waals surface area (Å²) < 4.78 is 4.90. The van der Waals surface area contributed by atoms with Crippen molar-refractivity contribution in [1.29, 1.82) is 0 Å². The normalized spacial score (nSPS) is 10.9. The Morgan fingerprint density at radius 1 is 1.14 bits per heavy atom. The highest BCUT2D eigenvalue weighted by Gasteiger charge is 2.12. The highest BCUT2D eigenvalue weighted by Crippen LogP contribution is 2.19. The largest absolute Gasteiger partial charge is 0.466 e. The summed E-state index contributed by atoms with van der Waals surface area (Å²) in [6.07, 6.45) is 0.414. The van der Waals surface area contributed by atoms with Crippen LogP contribution in [-0.4, -0.2) is 32.5 Å². The van der Waals surface area contributed by atoms with Gasteiger partial charge in [0.15, 0.2) is 0 Å². The summed E-state index contributed by atoms with van der Waals surface area (Å²) in [6, 6.07) is 5.96. The van der Waals surface area contributed by atoms with Crippen molar-refractivity contribution in [2.75, 3.05) is 11.9 Å². The Morgan fingerprint density at radius 2 is 1.93 bits per heavy atom. The minimum atomic E-state index is -0.334. The molecular formula is C20H23N5O3. The van der Waals surface area contributed by atoms with E-state index in [1.165, 1.54) is 0 Å². The number of fused-ring (bicyclic) bond motifs is 1. The summed E-state index contributed by atoms with van der Waals surface area (Å²) in [4.78, 5) is 39.9. The highest BCUT2D eigenvalue weighted by molar-refractivity contribution is 5.82. The second-order valence-electron chi connectivity index (χ2n) is 6.56. The summed E-state index contributed by atoms with van der Waals surface area (Å²) in [7, 11) is 0. The molecule has 28 heavy (non-hydrogen) atoms. The molecular weight excluding hydrogens is 358 g/mol. The van der Waals surface area contributed by atoms with Gasteiger partial charge in [-0.2, -0.15) is 0 Å². The first-order chi connectivity index (χ1) is 13.4. The monoisotopic (exact) mass is 381 g/mol. The van der Waals surface area contributed by atoms with Gasteiger partial charge in [-0.05, 0) is 46.2 Å². The Hall–Kier alpha value is -3.29. The minimum Gasteiger partial charge on any atom is -0.466 e. The molecule has 0 atom stereocenters. The van der Waals surface area contributed by atoms with Crippen LogP contribution in [0.2, 0.25) is 0 Å². The molecule has 0 aliphatic rings. The van der Waals surface area contributed by atoms with E-state index in [0.717, 1.165) is 22.2 Å². The van der Waals surface area contributed by atoms with E-state index in [0.29, 0.717) is 23.8 Å². The van der Waals surface area contributed by atoms with Crippen LogP contribution >= 0.6 is 0 Å². The van der Waals surface area contributed by atoms with E-state index in [9.17, 15) is 9.59 Å². The number of H-pyrrole nitrogens is 1. The summed E-state index contributed by atoms with van der Waals surface area (Å²) in [5.74, 6) is 0.280. The van der Waals surface area contributed by atoms with Gasteiger partial charge in [0.1, 0.15) is 0 Å². The molecule has 0 radical (unpaired) electrons. The fourth-order valence-corrected chi connectivity index (χ4v) is 2.98. The van der Waals surface area contributed by atoms with Crippen LogP contribution in [0.5, 0.6) is 0 Å². The number of benzene rings is 1. The third-order valence-electron chi connectivity index (χ3n) is 4.38. The van der Waals surface area contributed by atoms with E-state index in [2.05, 4.69) is 25.3 Å². The number of rotatable bonds is 6. The third-order valence-corrected chi connectivity index (χ3v) is 4.38. The molecule has 2 heterocycles. The van der Waals surface area contributed by atoms with Crippen LogP contribution < -0.4 is 10.9 Å². The summed E-state index contributed by atoms with van der Waals surface area (Å²) >= 11 is 0. The van der Waals surface area contributed by atoms with E-state index in [4.69, 9.17) is 4.74 Å². The van der Waals surface area contributed by atoms with Crippen molar-refractivity contribution in [2.24, 2.45) is 0 Å². The summed E-state index contributed by atoms with van der Waals surface area (Å²) in [6.45, 7) is 7.73. The number of nitrogens with one attached hydrogen (secondary N) is 2. The molecule has 2 N–H and O–H groups in total. The number of esters is 1. The quantitative estimate of drug-likeness (QED) is 0.632. The Bertz CT molecular complexity index is 1090. The lowest BCUT2D eigenvalue weighted by Gasteiger charge is -2.10. The maximum absolute atomic E-state index is 12.4. The number of carbonyl (C=O) groups is 1. The molecule has 3 rings (SSSR count). The lowest BCUT2D eigenvalue weighted by Crippen LogP contribution is -2.20. The predicted octanol–water partition coefficient (Wildman–Crippen LogP) is 2.88. The molecule has 0 fully saturated rings. The molecule has 0 spiro atoms. The maximum Gasteiger partial charge on any atom is 0.306 e. The van der Waals surface area contributed by atoms with E-state index in [1.54, 1.807) is 13.8 Å². The molecule has 3 aromatic rings. The Morgan fingerprint density at radius 3 is 2.64 bits per heavy atom. The number of anilines is 2. The minimum absolute atomic E-state index is 0.138. The Kier molecular flexibility index (Phi) is 5.67. The number of aromatic amines is 1. The smallest absolute Gasteiger partial charge is 0.306 e. The van der Waals surface area contributed by atoms with Gasteiger partial charge in [0.25, 0.3) is 5.56 Å². The average Bonchev–Trinajstić information content (AvgIpc) is 2.62. The number of hydrogen-bond acceptors (Lipinski definition) is 7. The van der Waals surface area contributed by atoms with E-state index in [-0.39, 0.29) is 30.3 Å². The fraction of sp³-hybridized carbons (Fsp3) is 0.350. The zero-order valence-corrected chi connectivity index (χ0v) is 16.4. The van der Waals surface area contributed by atoms with Crippen molar-refractivity contribution >= 4 is 28.8 Å². The van der Waals surface area contributed by atoms with Crippen molar-refractivity contribution in [2.45, 2.75) is 40.5 Å². The summed E-state index contributed by atoms with van der Waals surface area (Å²) in [5.41, 5.74) is 3.49. The molecule has 0 aliphatic carbocycles. The SMILES string of the molecule is CCOC(=O)CCc1c(C)nc(Nc2nc(C)c3cc(C)ccc3n2)[nH]c1=O. The van der Waals surface area contributed by atoms with E-state index >= 15 is 0 Å². The molecule has 0 bridgehead atoms. The van der Waals surface area contributed by atoms with E-state index in [1.807, 2.05) is 32.0 Å². The van der Waals surface area contributed by atoms with Crippen molar-refractivity contribution in [3.05, 3.63) is 51.1 Å². The standard InChI is InChI=1S/C20H23N5O3/c1-5-28-17(26)9-7-14-12(3)21-20(24-18(14)27)25-19-22-13(4)15-10-11(2)6-8-16(15)23-19/h6,8,10H,5,7,9H2,1-4H3,(H2,21,22,23,24,25,27). The molecule has 8 heteroatoms. The highest BCUT2D eigenvalue weighted by atomic mass is 16.5. The first kappa shape index (κ1) is 19.5. The average molecular weight is 381 g/mol. The first-order valence-electron chi connectivity index (χ1n) is 9.14. The second-order valence-corrected chi connectivity index (χ2v) is 6.56. The maximum atomic E-state index is 12.4. The van der Waals surface area contributed by atoms with Crippen molar-refractivity contribution < 1.29 is 9.53 Å². The third kappa shape index (κ3) is 4.33. The van der Waals surface area contributed by atoms with Crippen molar-refractivity contribution in [3.63, 3.8) is 0 Å². The van der Waals surface area contributed by atoms with Gasteiger partial charge >= 0.3 is 5.97 Å². The van der Waals surface area contributed by atoms with Gasteiger partial charge in [-0.25, -0.2) is 15.0 Å². The van der Waals surface area contributed by atoms with Gasteiger partial charge in [-0.3, -0.25) is 19.9 Å². The molecule has 1 aromatic carbocycles.